The molecule has 0 fully saturated rings. The van der Waals surface area contributed by atoms with Crippen LogP contribution in [0, 0.1) is 0 Å². The number of hydrogen-bond acceptors (Lipinski definition) is 5. The molecular weight excluding hydrogens is 248 g/mol. The molecule has 1 heterocycles. The van der Waals surface area contributed by atoms with Gasteiger partial charge in [0.05, 0.1) is 19.2 Å². The molecular formula is C12H14N4O3. The number of amides is 1. The summed E-state index contributed by atoms with van der Waals surface area (Å²) in [6.07, 6.45) is 1.55. The van der Waals surface area contributed by atoms with Gasteiger partial charge in [0.25, 0.3) is 5.91 Å². The number of carbonyl (C=O) groups excluding carboxylic acids is 1. The molecule has 1 aromatic heterocycles. The fraction of sp³-hybridized carbons (Fsp3) is 0.250. The number of benzene rings is 1. The Bertz CT molecular complexity index is 594. The van der Waals surface area contributed by atoms with Crippen molar-refractivity contribution in [2.24, 2.45) is 7.05 Å². The molecule has 7 nitrogen and oxygen atoms in total. The van der Waals surface area contributed by atoms with E-state index in [0.29, 0.717) is 11.6 Å². The predicted octanol–water partition coefficient (Wildman–Crippen LogP) is 0.459. The molecule has 0 atom stereocenters. The van der Waals surface area contributed by atoms with Gasteiger partial charge in [0, 0.05) is 7.05 Å². The van der Waals surface area contributed by atoms with Crippen LogP contribution in [0.2, 0.25) is 0 Å². The topological polar surface area (TPSA) is 89.3 Å². The van der Waals surface area contributed by atoms with Crippen LogP contribution < -0.4 is 10.1 Å². The third-order valence-electron chi connectivity index (χ3n) is 2.50. The maximum Gasteiger partial charge on any atom is 0.255 e. The van der Waals surface area contributed by atoms with Crippen molar-refractivity contribution in [3.8, 4) is 11.5 Å². The zero-order valence-corrected chi connectivity index (χ0v) is 10.6. The van der Waals surface area contributed by atoms with E-state index in [1.165, 1.54) is 19.2 Å². The molecule has 2 aromatic rings. The van der Waals surface area contributed by atoms with Gasteiger partial charge in [-0.1, -0.05) is 0 Å². The van der Waals surface area contributed by atoms with E-state index in [2.05, 4.69) is 15.4 Å². The van der Waals surface area contributed by atoms with Crippen LogP contribution in [0.15, 0.2) is 24.5 Å². The number of nitrogens with zero attached hydrogens (tertiary/aromatic N) is 3. The van der Waals surface area contributed by atoms with E-state index in [4.69, 9.17) is 4.74 Å². The second-order valence-electron chi connectivity index (χ2n) is 3.90. The highest BCUT2D eigenvalue weighted by atomic mass is 16.5. The van der Waals surface area contributed by atoms with Crippen molar-refractivity contribution in [1.29, 1.82) is 0 Å². The Kier molecular flexibility index (Phi) is 3.65. The zero-order valence-electron chi connectivity index (χ0n) is 10.6. The Balaban J connectivity index is 2.07. The molecule has 0 aliphatic heterocycles. The lowest BCUT2D eigenvalue weighted by molar-refractivity contribution is 0.0947. The Morgan fingerprint density at radius 2 is 2.32 bits per heavy atom. The van der Waals surface area contributed by atoms with Crippen LogP contribution in [-0.2, 0) is 13.6 Å². The highest BCUT2D eigenvalue weighted by Crippen LogP contribution is 2.22. The van der Waals surface area contributed by atoms with E-state index < -0.39 is 5.91 Å². The maximum absolute atomic E-state index is 11.9. The Morgan fingerprint density at radius 3 is 2.95 bits per heavy atom. The van der Waals surface area contributed by atoms with Crippen LogP contribution in [0.3, 0.4) is 0 Å². The van der Waals surface area contributed by atoms with Gasteiger partial charge in [-0.3, -0.25) is 9.48 Å². The van der Waals surface area contributed by atoms with Crippen LogP contribution in [-0.4, -0.2) is 32.9 Å². The quantitative estimate of drug-likeness (QED) is 0.835. The second kappa shape index (κ2) is 5.38. The molecule has 1 aromatic carbocycles. The smallest absolute Gasteiger partial charge is 0.255 e. The van der Waals surface area contributed by atoms with Gasteiger partial charge in [0.1, 0.15) is 17.8 Å². The summed E-state index contributed by atoms with van der Waals surface area (Å²) in [4.78, 5) is 15.9. The van der Waals surface area contributed by atoms with Gasteiger partial charge in [-0.15, -0.1) is 0 Å². The first-order chi connectivity index (χ1) is 9.10. The van der Waals surface area contributed by atoms with E-state index in [1.54, 1.807) is 24.1 Å². The molecule has 0 saturated carbocycles. The molecule has 0 saturated heterocycles. The number of phenols is 1. The standard InChI is InChI=1S/C12H14N4O3/c1-16-7-14-11(15-16)6-13-12(18)9-5-8(19-2)3-4-10(9)17/h3-5,7,17H,6H2,1-2H3,(H,13,18). The minimum atomic E-state index is -0.413. The average molecular weight is 262 g/mol. The summed E-state index contributed by atoms with van der Waals surface area (Å²) in [5.74, 6) is 0.480. The number of hydrogen-bond donors (Lipinski definition) is 2. The lowest BCUT2D eigenvalue weighted by atomic mass is 10.1. The first-order valence-electron chi connectivity index (χ1n) is 5.60. The van der Waals surface area contributed by atoms with Gasteiger partial charge in [-0.05, 0) is 18.2 Å². The molecule has 0 aliphatic carbocycles. The summed E-state index contributed by atoms with van der Waals surface area (Å²) in [6.45, 7) is 0.191. The van der Waals surface area contributed by atoms with Crippen molar-refractivity contribution >= 4 is 5.91 Å². The van der Waals surface area contributed by atoms with Crippen molar-refractivity contribution < 1.29 is 14.6 Å². The number of phenolic OH excluding ortho intramolecular Hbond substituents is 1. The van der Waals surface area contributed by atoms with Gasteiger partial charge in [0.2, 0.25) is 0 Å². The van der Waals surface area contributed by atoms with Gasteiger partial charge >= 0.3 is 0 Å². The molecule has 0 spiro atoms. The highest BCUT2D eigenvalue weighted by Gasteiger charge is 2.12. The van der Waals surface area contributed by atoms with E-state index in [1.807, 2.05) is 0 Å². The minimum Gasteiger partial charge on any atom is -0.507 e. The summed E-state index contributed by atoms with van der Waals surface area (Å²) in [7, 11) is 3.23. The number of ether oxygens (including phenoxy) is 1. The number of rotatable bonds is 4. The largest absolute Gasteiger partial charge is 0.507 e. The molecule has 0 aliphatic rings. The monoisotopic (exact) mass is 262 g/mol. The molecule has 0 unspecified atom stereocenters. The Hall–Kier alpha value is -2.57. The fourth-order valence-corrected chi connectivity index (χ4v) is 1.54. The molecule has 7 heteroatoms. The van der Waals surface area contributed by atoms with Crippen molar-refractivity contribution in [2.75, 3.05) is 7.11 Å². The summed E-state index contributed by atoms with van der Waals surface area (Å²) in [6, 6.07) is 4.45. The third-order valence-corrected chi connectivity index (χ3v) is 2.50. The van der Waals surface area contributed by atoms with Crippen molar-refractivity contribution in [3.63, 3.8) is 0 Å². The number of aromatic hydroxyl groups is 1. The second-order valence-corrected chi connectivity index (χ2v) is 3.90. The van der Waals surface area contributed by atoms with Crippen LogP contribution in [0.1, 0.15) is 16.2 Å². The van der Waals surface area contributed by atoms with E-state index in [0.717, 1.165) is 0 Å². The molecule has 1 amide bonds. The minimum absolute atomic E-state index is 0.104. The molecule has 100 valence electrons. The lowest BCUT2D eigenvalue weighted by Gasteiger charge is -2.07. The SMILES string of the molecule is COc1ccc(O)c(C(=O)NCc2ncn(C)n2)c1. The molecule has 2 N–H and O–H groups in total. The molecule has 0 bridgehead atoms. The van der Waals surface area contributed by atoms with Gasteiger partial charge < -0.3 is 15.2 Å². The summed E-state index contributed by atoms with van der Waals surface area (Å²) in [5.41, 5.74) is 0.148. The van der Waals surface area contributed by atoms with Crippen LogP contribution in [0.25, 0.3) is 0 Å². The molecule has 2 rings (SSSR count). The first-order valence-corrected chi connectivity index (χ1v) is 5.60. The number of carbonyl (C=O) groups is 1. The highest BCUT2D eigenvalue weighted by molar-refractivity contribution is 5.97. The maximum atomic E-state index is 11.9. The summed E-state index contributed by atoms with van der Waals surface area (Å²) in [5, 5.41) is 16.3. The lowest BCUT2D eigenvalue weighted by Crippen LogP contribution is -2.23. The Labute approximate surface area is 109 Å². The molecule has 0 radical (unpaired) electrons. The molecule has 19 heavy (non-hydrogen) atoms. The van der Waals surface area contributed by atoms with Crippen LogP contribution in [0.4, 0.5) is 0 Å². The predicted molar refractivity (Wildman–Crippen MR) is 66.8 cm³/mol. The summed E-state index contributed by atoms with van der Waals surface area (Å²) >= 11 is 0. The van der Waals surface area contributed by atoms with E-state index in [-0.39, 0.29) is 17.9 Å². The van der Waals surface area contributed by atoms with E-state index >= 15 is 0 Å². The summed E-state index contributed by atoms with van der Waals surface area (Å²) < 4.78 is 6.55. The number of nitrogens with one attached hydrogen (secondary N) is 1. The zero-order chi connectivity index (χ0) is 13.8. The first kappa shape index (κ1) is 12.9. The normalized spacial score (nSPS) is 10.2. The number of aryl methyl sites for hydroxylation is 1. The van der Waals surface area contributed by atoms with Crippen molar-refractivity contribution in [3.05, 3.63) is 35.9 Å². The fourth-order valence-electron chi connectivity index (χ4n) is 1.54. The van der Waals surface area contributed by atoms with Gasteiger partial charge in [-0.25, -0.2) is 4.98 Å². The van der Waals surface area contributed by atoms with Gasteiger partial charge in [0.15, 0.2) is 5.82 Å². The van der Waals surface area contributed by atoms with E-state index in [9.17, 15) is 9.90 Å². The number of aromatic nitrogens is 3. The van der Waals surface area contributed by atoms with Crippen molar-refractivity contribution in [1.82, 2.24) is 20.1 Å². The average Bonchev–Trinajstić information content (AvgIpc) is 2.82. The number of methoxy groups -OCH3 is 1. The third kappa shape index (κ3) is 3.01. The van der Waals surface area contributed by atoms with Crippen molar-refractivity contribution in [2.45, 2.75) is 6.54 Å². The van der Waals surface area contributed by atoms with Crippen LogP contribution >= 0.6 is 0 Å². The van der Waals surface area contributed by atoms with Crippen LogP contribution in [0.5, 0.6) is 11.5 Å². The van der Waals surface area contributed by atoms with Gasteiger partial charge in [-0.2, -0.15) is 5.10 Å². The Morgan fingerprint density at radius 1 is 1.53 bits per heavy atom.